The highest BCUT2D eigenvalue weighted by Gasteiger charge is 2.32. The number of benzene rings is 1. The number of aliphatic hydroxyl groups excluding tert-OH is 1. The first-order valence-corrected chi connectivity index (χ1v) is 11.1. The van der Waals surface area contributed by atoms with Gasteiger partial charge in [0.05, 0.1) is 12.9 Å². The number of aromatic nitrogens is 2. The Morgan fingerprint density at radius 1 is 0.971 bits per heavy atom. The number of nitrogens with two attached hydrogens (primary N) is 1. The Balaban J connectivity index is 2.21. The second-order valence-corrected chi connectivity index (χ2v) is 8.45. The molecule has 2 aromatic rings. The molecule has 0 bridgehead atoms. The first-order chi connectivity index (χ1) is 16.6. The van der Waals surface area contributed by atoms with Crippen molar-refractivity contribution in [3.05, 3.63) is 54.1 Å². The maximum absolute atomic E-state index is 13.1. The zero-order valence-electron chi connectivity index (χ0n) is 19.6. The van der Waals surface area contributed by atoms with E-state index in [4.69, 9.17) is 10.8 Å². The van der Waals surface area contributed by atoms with E-state index in [-0.39, 0.29) is 18.8 Å². The predicted octanol–water partition coefficient (Wildman–Crippen LogP) is -1.29. The molecule has 190 valence electrons. The number of aliphatic carboxylic acids is 1. The Morgan fingerprint density at radius 3 is 2.17 bits per heavy atom. The molecule has 2 rings (SSSR count). The summed E-state index contributed by atoms with van der Waals surface area (Å²) in [5.74, 6) is -3.67. The van der Waals surface area contributed by atoms with Gasteiger partial charge in [0.1, 0.15) is 24.2 Å². The summed E-state index contributed by atoms with van der Waals surface area (Å²) >= 11 is 0. The van der Waals surface area contributed by atoms with E-state index in [0.29, 0.717) is 5.69 Å². The van der Waals surface area contributed by atoms with E-state index in [0.717, 1.165) is 5.56 Å². The fourth-order valence-electron chi connectivity index (χ4n) is 3.29. The normalized spacial score (nSPS) is 14.4. The molecule has 0 radical (unpaired) electrons. The topological polar surface area (TPSA) is 200 Å². The van der Waals surface area contributed by atoms with Crippen molar-refractivity contribution in [2.45, 2.75) is 50.9 Å². The van der Waals surface area contributed by atoms with E-state index in [9.17, 15) is 24.3 Å². The van der Waals surface area contributed by atoms with Gasteiger partial charge in [-0.1, -0.05) is 44.2 Å². The summed E-state index contributed by atoms with van der Waals surface area (Å²) in [6.45, 7) is 2.81. The summed E-state index contributed by atoms with van der Waals surface area (Å²) in [6, 6.07) is 4.27. The van der Waals surface area contributed by atoms with Gasteiger partial charge in [-0.15, -0.1) is 0 Å². The number of carboxylic acid groups (broad SMARTS) is 1. The van der Waals surface area contributed by atoms with E-state index in [1.807, 2.05) is 0 Å². The molecule has 12 heteroatoms. The van der Waals surface area contributed by atoms with Gasteiger partial charge in [-0.3, -0.25) is 14.4 Å². The summed E-state index contributed by atoms with van der Waals surface area (Å²) in [5, 5.41) is 26.3. The molecular weight excluding hydrogens is 456 g/mol. The number of carboxylic acids is 1. The van der Waals surface area contributed by atoms with Crippen LogP contribution in [0.25, 0.3) is 0 Å². The van der Waals surface area contributed by atoms with Gasteiger partial charge in [-0.2, -0.15) is 0 Å². The number of nitrogens with zero attached hydrogens (tertiary/aromatic N) is 1. The van der Waals surface area contributed by atoms with Crippen molar-refractivity contribution in [2.75, 3.05) is 6.61 Å². The lowest BCUT2D eigenvalue weighted by molar-refractivity contribution is -0.142. The summed E-state index contributed by atoms with van der Waals surface area (Å²) in [5.41, 5.74) is 6.79. The van der Waals surface area contributed by atoms with Crippen molar-refractivity contribution in [2.24, 2.45) is 11.7 Å². The van der Waals surface area contributed by atoms with Crippen molar-refractivity contribution in [3.63, 3.8) is 0 Å². The first kappa shape index (κ1) is 27.5. The molecule has 35 heavy (non-hydrogen) atoms. The van der Waals surface area contributed by atoms with E-state index in [1.54, 1.807) is 44.2 Å². The molecule has 0 aliphatic rings. The standard InChI is InChI=1S/C23H32N6O6/c1-13(2)19(29-20(31)16(24)11-30)22(33)27-17(8-14-6-4-3-5-7-14)21(32)28-18(23(34)35)9-15-10-25-12-26-15/h3-7,10,12-13,16-19,30H,8-9,11,24H2,1-2H3,(H,25,26)(H,27,33)(H,28,32)(H,29,31)(H,34,35). The minimum atomic E-state index is -1.26. The average Bonchev–Trinajstić information content (AvgIpc) is 3.34. The molecule has 0 aliphatic carbocycles. The van der Waals surface area contributed by atoms with Crippen LogP contribution in [0, 0.1) is 5.92 Å². The zero-order valence-corrected chi connectivity index (χ0v) is 19.6. The molecule has 3 amide bonds. The maximum Gasteiger partial charge on any atom is 0.326 e. The second-order valence-electron chi connectivity index (χ2n) is 8.45. The Morgan fingerprint density at radius 2 is 1.63 bits per heavy atom. The lowest BCUT2D eigenvalue weighted by Gasteiger charge is -2.27. The molecule has 0 saturated carbocycles. The van der Waals surface area contributed by atoms with Crippen LogP contribution in [0.2, 0.25) is 0 Å². The molecular formula is C23H32N6O6. The average molecular weight is 489 g/mol. The molecule has 0 aliphatic heterocycles. The molecule has 0 spiro atoms. The third kappa shape index (κ3) is 8.50. The summed E-state index contributed by atoms with van der Waals surface area (Å²) in [7, 11) is 0. The highest BCUT2D eigenvalue weighted by Crippen LogP contribution is 2.08. The number of hydrogen-bond acceptors (Lipinski definition) is 7. The van der Waals surface area contributed by atoms with E-state index < -0.39 is 54.5 Å². The smallest absolute Gasteiger partial charge is 0.326 e. The molecule has 4 unspecified atom stereocenters. The number of nitrogens with one attached hydrogen (secondary N) is 4. The molecule has 8 N–H and O–H groups in total. The molecule has 4 atom stereocenters. The van der Waals surface area contributed by atoms with Gasteiger partial charge in [-0.25, -0.2) is 9.78 Å². The molecule has 1 aromatic carbocycles. The lowest BCUT2D eigenvalue weighted by Crippen LogP contribution is -2.59. The zero-order chi connectivity index (χ0) is 26.0. The minimum absolute atomic E-state index is 0.0310. The van der Waals surface area contributed by atoms with Crippen molar-refractivity contribution in [1.29, 1.82) is 0 Å². The number of hydrogen-bond donors (Lipinski definition) is 7. The Hall–Kier alpha value is -3.77. The van der Waals surface area contributed by atoms with Gasteiger partial charge >= 0.3 is 5.97 Å². The number of aromatic amines is 1. The predicted molar refractivity (Wildman–Crippen MR) is 126 cm³/mol. The van der Waals surface area contributed by atoms with Crippen molar-refractivity contribution < 1.29 is 29.4 Å². The first-order valence-electron chi connectivity index (χ1n) is 11.1. The fraction of sp³-hybridized carbons (Fsp3) is 0.435. The summed E-state index contributed by atoms with van der Waals surface area (Å²) in [4.78, 5) is 56.8. The number of rotatable bonds is 13. The van der Waals surface area contributed by atoms with Crippen LogP contribution in [-0.2, 0) is 32.0 Å². The lowest BCUT2D eigenvalue weighted by atomic mass is 10.00. The SMILES string of the molecule is CC(C)C(NC(=O)C(N)CO)C(=O)NC(Cc1ccccc1)C(=O)NC(Cc1cnc[nH]1)C(=O)O. The van der Waals surface area contributed by atoms with E-state index in [1.165, 1.54) is 12.5 Å². The third-order valence-electron chi connectivity index (χ3n) is 5.29. The maximum atomic E-state index is 13.1. The molecule has 0 saturated heterocycles. The molecule has 1 heterocycles. The van der Waals surface area contributed by atoms with Gasteiger partial charge < -0.3 is 36.9 Å². The Kier molecular flexibility index (Phi) is 10.4. The molecule has 12 nitrogen and oxygen atoms in total. The number of carbonyl (C=O) groups is 4. The minimum Gasteiger partial charge on any atom is -0.480 e. The Bertz CT molecular complexity index is 982. The highest BCUT2D eigenvalue weighted by atomic mass is 16.4. The number of amides is 3. The van der Waals surface area contributed by atoms with E-state index >= 15 is 0 Å². The Labute approximate surface area is 202 Å². The van der Waals surface area contributed by atoms with Gasteiger partial charge in [-0.05, 0) is 11.5 Å². The number of aliphatic hydroxyl groups is 1. The van der Waals surface area contributed by atoms with Crippen LogP contribution in [0.5, 0.6) is 0 Å². The summed E-state index contributed by atoms with van der Waals surface area (Å²) in [6.07, 6.45) is 2.91. The van der Waals surface area contributed by atoms with Crippen LogP contribution in [0.4, 0.5) is 0 Å². The van der Waals surface area contributed by atoms with Crippen molar-refractivity contribution in [3.8, 4) is 0 Å². The van der Waals surface area contributed by atoms with Crippen molar-refractivity contribution >= 4 is 23.7 Å². The van der Waals surface area contributed by atoms with Crippen LogP contribution < -0.4 is 21.7 Å². The number of H-pyrrole nitrogens is 1. The third-order valence-corrected chi connectivity index (χ3v) is 5.29. The van der Waals surface area contributed by atoms with Crippen LogP contribution in [0.1, 0.15) is 25.1 Å². The van der Waals surface area contributed by atoms with Crippen LogP contribution in [0.3, 0.4) is 0 Å². The van der Waals surface area contributed by atoms with Crippen LogP contribution in [0.15, 0.2) is 42.9 Å². The van der Waals surface area contributed by atoms with Gasteiger partial charge in [0.2, 0.25) is 17.7 Å². The van der Waals surface area contributed by atoms with Gasteiger partial charge in [0.25, 0.3) is 0 Å². The van der Waals surface area contributed by atoms with E-state index in [2.05, 4.69) is 25.9 Å². The monoisotopic (exact) mass is 488 g/mol. The number of carbonyl (C=O) groups excluding carboxylic acids is 3. The molecule has 0 fully saturated rings. The van der Waals surface area contributed by atoms with Gasteiger partial charge in [0.15, 0.2) is 0 Å². The van der Waals surface area contributed by atoms with Gasteiger partial charge in [0, 0.05) is 24.7 Å². The largest absolute Gasteiger partial charge is 0.480 e. The van der Waals surface area contributed by atoms with Crippen LogP contribution in [-0.4, -0.2) is 74.6 Å². The quantitative estimate of drug-likeness (QED) is 0.180. The van der Waals surface area contributed by atoms with Crippen molar-refractivity contribution in [1.82, 2.24) is 25.9 Å². The molecule has 1 aromatic heterocycles. The fourth-order valence-corrected chi connectivity index (χ4v) is 3.29. The highest BCUT2D eigenvalue weighted by molar-refractivity contribution is 5.94. The summed E-state index contributed by atoms with van der Waals surface area (Å²) < 4.78 is 0. The second kappa shape index (κ2) is 13.2. The van der Waals surface area contributed by atoms with Crippen LogP contribution >= 0.6 is 0 Å². The number of imidazole rings is 1.